The summed E-state index contributed by atoms with van der Waals surface area (Å²) in [5, 5.41) is 0.348. The van der Waals surface area contributed by atoms with E-state index in [4.69, 9.17) is 17.2 Å². The van der Waals surface area contributed by atoms with Crippen LogP contribution in [0.2, 0.25) is 0 Å². The summed E-state index contributed by atoms with van der Waals surface area (Å²) in [6.45, 7) is 3.57. The lowest BCUT2D eigenvalue weighted by Crippen LogP contribution is -2.51. The smallest absolute Gasteiger partial charge is 0.326 e. The van der Waals surface area contributed by atoms with Crippen molar-refractivity contribution in [3.05, 3.63) is 41.6 Å². The topological polar surface area (TPSA) is 108 Å². The van der Waals surface area contributed by atoms with Gasteiger partial charge in [0.15, 0.2) is 5.78 Å². The largest absolute Gasteiger partial charge is 0.416 e. The number of halogens is 3. The Hall–Kier alpha value is -2.07. The molecule has 166 valence electrons. The summed E-state index contributed by atoms with van der Waals surface area (Å²) in [5.74, 6) is -0.157. The monoisotopic (exact) mass is 426 g/mol. The summed E-state index contributed by atoms with van der Waals surface area (Å²) in [4.78, 5) is 16.7. The molecule has 9 heteroatoms. The lowest BCUT2D eigenvalue weighted by atomic mass is 10.00. The van der Waals surface area contributed by atoms with Crippen molar-refractivity contribution in [2.24, 2.45) is 17.2 Å². The summed E-state index contributed by atoms with van der Waals surface area (Å²) in [5.41, 5.74) is 17.7. The number of hydrogen-bond acceptors (Lipinski definition) is 5. The highest BCUT2D eigenvalue weighted by atomic mass is 19.4. The Kier molecular flexibility index (Phi) is 8.31. The molecule has 2 aromatic rings. The minimum absolute atomic E-state index is 0.0398. The molecule has 1 aromatic carbocycles. The molecule has 0 fully saturated rings. The van der Waals surface area contributed by atoms with E-state index in [2.05, 4.69) is 12.0 Å². The fourth-order valence-electron chi connectivity index (χ4n) is 3.60. The minimum atomic E-state index is -4.43. The normalized spacial score (nSPS) is 13.6. The van der Waals surface area contributed by atoms with Gasteiger partial charge in [-0.1, -0.05) is 0 Å². The zero-order chi connectivity index (χ0) is 22.4. The molecule has 0 aliphatic carbocycles. The van der Waals surface area contributed by atoms with E-state index in [9.17, 15) is 18.0 Å². The van der Waals surface area contributed by atoms with Crippen molar-refractivity contribution in [1.82, 2.24) is 4.98 Å². The molecule has 0 radical (unpaired) electrons. The number of aromatic nitrogens is 1. The molecule has 2 rings (SSSR count). The van der Waals surface area contributed by atoms with Gasteiger partial charge in [0.2, 0.25) is 0 Å². The fraction of sp³-hybridized carbons (Fsp3) is 0.524. The van der Waals surface area contributed by atoms with Crippen molar-refractivity contribution < 1.29 is 22.4 Å². The van der Waals surface area contributed by atoms with Gasteiger partial charge in [-0.2, -0.15) is 13.2 Å². The number of quaternary nitrogens is 1. The third kappa shape index (κ3) is 6.73. The number of hydrogen-bond donors (Lipinski definition) is 3. The van der Waals surface area contributed by atoms with Crippen molar-refractivity contribution in [1.29, 1.82) is 0 Å². The van der Waals surface area contributed by atoms with Crippen LogP contribution in [0.5, 0.6) is 0 Å². The van der Waals surface area contributed by atoms with Crippen molar-refractivity contribution in [3.63, 3.8) is 0 Å². The lowest BCUT2D eigenvalue weighted by Gasteiger charge is -2.34. The zero-order valence-electron chi connectivity index (χ0n) is 17.3. The van der Waals surface area contributed by atoms with Gasteiger partial charge in [-0.25, -0.2) is 0 Å². The lowest BCUT2D eigenvalue weighted by molar-refractivity contribution is -0.907. The third-order valence-corrected chi connectivity index (χ3v) is 5.41. The first-order valence-electron chi connectivity index (χ1n) is 10.1. The molecule has 0 spiro atoms. The molecule has 0 bridgehead atoms. The SMILES string of the molecule is C[N+](CCN)(CCN)CCC[C@@H](N)C(=O)Cc1cnc2ccc(C(F)(F)F)cc2c1. The second-order valence-electron chi connectivity index (χ2n) is 8.01. The van der Waals surface area contributed by atoms with E-state index in [1.54, 1.807) is 6.07 Å². The number of fused-ring (bicyclic) bond motifs is 1. The summed E-state index contributed by atoms with van der Waals surface area (Å²) < 4.78 is 39.5. The number of likely N-dealkylation sites (N-methyl/N-ethyl adjacent to an activating group) is 1. The van der Waals surface area contributed by atoms with Gasteiger partial charge in [-0.05, 0) is 42.7 Å². The van der Waals surface area contributed by atoms with Crippen LogP contribution in [0.3, 0.4) is 0 Å². The zero-order valence-corrected chi connectivity index (χ0v) is 17.3. The number of nitrogens with two attached hydrogens (primary N) is 3. The number of carbonyl (C=O) groups is 1. The van der Waals surface area contributed by atoms with Gasteiger partial charge >= 0.3 is 6.18 Å². The Morgan fingerprint density at radius 1 is 1.13 bits per heavy atom. The molecule has 1 atom stereocenters. The highest BCUT2D eigenvalue weighted by Crippen LogP contribution is 2.31. The second-order valence-corrected chi connectivity index (χ2v) is 8.01. The van der Waals surface area contributed by atoms with Crippen LogP contribution in [0.25, 0.3) is 10.9 Å². The number of alkyl halides is 3. The molecule has 6 N–H and O–H groups in total. The molecule has 0 aliphatic rings. The molecule has 0 amide bonds. The summed E-state index contributed by atoms with van der Waals surface area (Å²) in [7, 11) is 2.09. The van der Waals surface area contributed by atoms with Gasteiger partial charge in [0.1, 0.15) is 0 Å². The number of rotatable bonds is 11. The maximum Gasteiger partial charge on any atom is 0.416 e. The predicted molar refractivity (Wildman–Crippen MR) is 112 cm³/mol. The minimum Gasteiger partial charge on any atom is -0.326 e. The average molecular weight is 427 g/mol. The van der Waals surface area contributed by atoms with Crippen molar-refractivity contribution in [2.45, 2.75) is 31.5 Å². The molecule has 1 aromatic heterocycles. The van der Waals surface area contributed by atoms with Gasteiger partial charge in [0.25, 0.3) is 0 Å². The predicted octanol–water partition coefficient (Wildman–Crippen LogP) is 1.84. The van der Waals surface area contributed by atoms with E-state index in [1.165, 1.54) is 12.3 Å². The number of nitrogens with zero attached hydrogens (tertiary/aromatic N) is 2. The van der Waals surface area contributed by atoms with E-state index >= 15 is 0 Å². The van der Waals surface area contributed by atoms with Crippen molar-refractivity contribution >= 4 is 16.7 Å². The molecule has 0 aliphatic heterocycles. The van der Waals surface area contributed by atoms with Crippen LogP contribution in [0.4, 0.5) is 13.2 Å². The fourth-order valence-corrected chi connectivity index (χ4v) is 3.60. The van der Waals surface area contributed by atoms with Crippen LogP contribution < -0.4 is 17.2 Å². The number of pyridine rings is 1. The summed E-state index contributed by atoms with van der Waals surface area (Å²) >= 11 is 0. The van der Waals surface area contributed by atoms with Gasteiger partial charge in [0, 0.05) is 31.1 Å². The second kappa shape index (κ2) is 10.3. The van der Waals surface area contributed by atoms with Gasteiger partial charge in [-0.15, -0.1) is 0 Å². The number of ketones is 1. The van der Waals surface area contributed by atoms with E-state index in [0.717, 1.165) is 42.7 Å². The highest BCUT2D eigenvalue weighted by molar-refractivity contribution is 5.87. The quantitative estimate of drug-likeness (QED) is 0.475. The Morgan fingerprint density at radius 3 is 2.40 bits per heavy atom. The molecule has 0 unspecified atom stereocenters. The van der Waals surface area contributed by atoms with E-state index < -0.39 is 17.8 Å². The number of carbonyl (C=O) groups excluding carboxylic acids is 1. The first-order valence-corrected chi connectivity index (χ1v) is 10.1. The van der Waals surface area contributed by atoms with Crippen LogP contribution in [-0.2, 0) is 17.4 Å². The van der Waals surface area contributed by atoms with E-state index in [0.29, 0.717) is 36.0 Å². The van der Waals surface area contributed by atoms with Gasteiger partial charge in [-0.3, -0.25) is 9.78 Å². The average Bonchev–Trinajstić information content (AvgIpc) is 2.67. The number of benzene rings is 1. The van der Waals surface area contributed by atoms with E-state index in [1.807, 2.05) is 0 Å². The maximum atomic E-state index is 12.9. The summed E-state index contributed by atoms with van der Waals surface area (Å²) in [6, 6.07) is 4.31. The Balaban J connectivity index is 1.98. The van der Waals surface area contributed by atoms with E-state index in [-0.39, 0.29) is 12.2 Å². The van der Waals surface area contributed by atoms with Crippen LogP contribution in [0, 0.1) is 0 Å². The number of Topliss-reactive ketones (excluding diaryl/α,β-unsaturated/α-hetero) is 1. The molecule has 6 nitrogen and oxygen atoms in total. The maximum absolute atomic E-state index is 12.9. The van der Waals surface area contributed by atoms with Crippen LogP contribution in [-0.4, -0.2) is 61.1 Å². The first kappa shape index (κ1) is 24.2. The first-order chi connectivity index (χ1) is 14.1. The van der Waals surface area contributed by atoms with Crippen LogP contribution in [0.1, 0.15) is 24.0 Å². The van der Waals surface area contributed by atoms with Crippen LogP contribution in [0.15, 0.2) is 30.5 Å². The Bertz CT molecular complexity index is 850. The molecule has 30 heavy (non-hydrogen) atoms. The molecular formula is C21H31F3N5O+. The van der Waals surface area contributed by atoms with Gasteiger partial charge in [0.05, 0.1) is 43.8 Å². The Labute approximate surface area is 174 Å². The standard InChI is InChI=1S/C21H31F3N5O/c1-29(9-6-25,10-7-26)8-2-3-18(27)20(30)12-15-11-16-13-17(21(22,23)24)4-5-19(16)28-14-15/h4-5,11,13-14,18H,2-3,6-10,12,25-27H2,1H3/q+1/t18-/m1/s1. The Morgan fingerprint density at radius 2 is 1.80 bits per heavy atom. The molecular weight excluding hydrogens is 395 g/mol. The molecule has 1 heterocycles. The molecule has 0 saturated carbocycles. The highest BCUT2D eigenvalue weighted by Gasteiger charge is 2.30. The molecule has 0 saturated heterocycles. The van der Waals surface area contributed by atoms with Crippen molar-refractivity contribution in [2.75, 3.05) is 39.8 Å². The third-order valence-electron chi connectivity index (χ3n) is 5.41. The summed E-state index contributed by atoms with van der Waals surface area (Å²) in [6.07, 6.45) is -1.59. The van der Waals surface area contributed by atoms with Crippen LogP contribution >= 0.6 is 0 Å². The van der Waals surface area contributed by atoms with Gasteiger partial charge < -0.3 is 21.7 Å². The van der Waals surface area contributed by atoms with Crippen molar-refractivity contribution in [3.8, 4) is 0 Å².